The summed E-state index contributed by atoms with van der Waals surface area (Å²) in [5.74, 6) is 0.560. The van der Waals surface area contributed by atoms with Gasteiger partial charge in [-0.05, 0) is 17.8 Å². The van der Waals surface area contributed by atoms with Crippen molar-refractivity contribution in [1.29, 1.82) is 0 Å². The van der Waals surface area contributed by atoms with Crippen LogP contribution in [0.15, 0.2) is 77.6 Å². The molecule has 0 saturated carbocycles. The van der Waals surface area contributed by atoms with E-state index in [1.165, 1.54) is 33.2 Å². The van der Waals surface area contributed by atoms with Crippen molar-refractivity contribution >= 4 is 10.8 Å². The zero-order chi connectivity index (χ0) is 16.4. The summed E-state index contributed by atoms with van der Waals surface area (Å²) in [7, 11) is 0. The average Bonchev–Trinajstić information content (AvgIpc) is 3.25. The molecule has 1 aliphatic rings. The molecule has 0 radical (unpaired) electrons. The van der Waals surface area contributed by atoms with Crippen molar-refractivity contribution in [3.63, 3.8) is 0 Å². The minimum absolute atomic E-state index is 0. The van der Waals surface area contributed by atoms with Crippen LogP contribution < -0.4 is 24.8 Å². The number of rotatable bonds is 1. The Labute approximate surface area is 188 Å². The molecule has 1 unspecified atom stereocenters. The number of halogens is 2. The maximum absolute atomic E-state index is 3.36. The number of benzene rings is 1. The molecule has 0 fully saturated rings. The average molecular weight is 464 g/mol. The Morgan fingerprint density at radius 2 is 1.58 bits per heavy atom. The molecular weight excluding hydrogens is 440 g/mol. The molecule has 134 valence electrons. The molecule has 0 amide bonds. The van der Waals surface area contributed by atoms with Crippen LogP contribution in [0, 0.1) is 12.0 Å². The van der Waals surface area contributed by atoms with Gasteiger partial charge in [0.2, 0.25) is 0 Å². The molecule has 0 bridgehead atoms. The molecule has 26 heavy (non-hydrogen) atoms. The standard InChI is InChI=1S/C13H10N.C9H13.2ClH.Zr/c1-2-6-12-10-13(9-11(12)5-1)14-7-3-4-8-14;1-6-5-7(2)9(4)8(6)3;;;/h1-10H;6H,1-4H3;2*1H;/q2*-1;;;+4/p-2. The first-order valence-electron chi connectivity index (χ1n) is 8.13. The predicted molar refractivity (Wildman–Crippen MR) is 98.8 cm³/mol. The Morgan fingerprint density at radius 1 is 0.962 bits per heavy atom. The zero-order valence-corrected chi connectivity index (χ0v) is 19.5. The number of allylic oxidation sites excluding steroid dienone is 4. The molecule has 0 N–H and O–H groups in total. The Kier molecular flexibility index (Phi) is 10.6. The van der Waals surface area contributed by atoms with Gasteiger partial charge < -0.3 is 29.4 Å². The van der Waals surface area contributed by atoms with E-state index in [1.807, 2.05) is 12.1 Å². The summed E-state index contributed by atoms with van der Waals surface area (Å²) >= 11 is 0. The van der Waals surface area contributed by atoms with Crippen molar-refractivity contribution in [3.05, 3.63) is 83.7 Å². The minimum atomic E-state index is 0. The van der Waals surface area contributed by atoms with E-state index in [9.17, 15) is 0 Å². The molecule has 1 aromatic heterocycles. The van der Waals surface area contributed by atoms with Crippen molar-refractivity contribution in [1.82, 2.24) is 4.57 Å². The van der Waals surface area contributed by atoms with Gasteiger partial charge in [0.15, 0.2) is 0 Å². The normalized spacial score (nSPS) is 15.2. The van der Waals surface area contributed by atoms with Gasteiger partial charge >= 0.3 is 26.2 Å². The van der Waals surface area contributed by atoms with E-state index in [1.54, 1.807) is 0 Å². The van der Waals surface area contributed by atoms with Crippen LogP contribution in [0.3, 0.4) is 0 Å². The first kappa shape index (κ1) is 25.1. The van der Waals surface area contributed by atoms with Gasteiger partial charge in [-0.3, -0.25) is 6.08 Å². The largest absolute Gasteiger partial charge is 4.00 e. The summed E-state index contributed by atoms with van der Waals surface area (Å²) in [6.07, 6.45) is 7.49. The summed E-state index contributed by atoms with van der Waals surface area (Å²) in [5.41, 5.74) is 5.48. The molecule has 1 atom stereocenters. The van der Waals surface area contributed by atoms with Gasteiger partial charge in [-0.25, -0.2) is 5.57 Å². The molecular formula is C22H23Cl2NZr. The van der Waals surface area contributed by atoms with Crippen molar-refractivity contribution in [2.24, 2.45) is 5.92 Å². The van der Waals surface area contributed by atoms with Gasteiger partial charge in [-0.15, -0.1) is 48.0 Å². The van der Waals surface area contributed by atoms with Crippen molar-refractivity contribution in [3.8, 4) is 5.69 Å². The molecule has 4 rings (SSSR count). The molecule has 0 spiro atoms. The second-order valence-electron chi connectivity index (χ2n) is 6.23. The van der Waals surface area contributed by atoms with E-state index < -0.39 is 0 Å². The molecule has 1 aliphatic carbocycles. The van der Waals surface area contributed by atoms with Crippen molar-refractivity contribution < 1.29 is 51.0 Å². The van der Waals surface area contributed by atoms with Gasteiger partial charge in [0, 0.05) is 12.4 Å². The third-order valence-electron chi connectivity index (χ3n) is 4.74. The topological polar surface area (TPSA) is 4.93 Å². The van der Waals surface area contributed by atoms with Crippen LogP contribution in [0.25, 0.3) is 16.5 Å². The van der Waals surface area contributed by atoms with E-state index in [0.717, 1.165) is 0 Å². The van der Waals surface area contributed by atoms with Crippen LogP contribution in [-0.2, 0) is 26.2 Å². The van der Waals surface area contributed by atoms with Crippen molar-refractivity contribution in [2.45, 2.75) is 27.7 Å². The van der Waals surface area contributed by atoms with Crippen LogP contribution in [0.2, 0.25) is 0 Å². The zero-order valence-electron chi connectivity index (χ0n) is 15.6. The number of aromatic nitrogens is 1. The SMILES string of the molecule is CC1=[C-]C(C)C(C)=C1C.[Cl-].[Cl-].[Zr+4].c1ccc2[cH-]c(-n3cccc3)cc2c1. The predicted octanol–water partition coefficient (Wildman–Crippen LogP) is 0.0769. The van der Waals surface area contributed by atoms with Gasteiger partial charge in [-0.1, -0.05) is 32.8 Å². The first-order valence-corrected chi connectivity index (χ1v) is 8.13. The van der Waals surface area contributed by atoms with Crippen LogP contribution in [0.5, 0.6) is 0 Å². The minimum Gasteiger partial charge on any atom is -1.00 e. The molecule has 1 nitrogen and oxygen atoms in total. The first-order chi connectivity index (χ1) is 11.1. The third-order valence-corrected chi connectivity index (χ3v) is 4.74. The number of fused-ring (bicyclic) bond motifs is 1. The van der Waals surface area contributed by atoms with Gasteiger partial charge in [0.05, 0.1) is 0 Å². The van der Waals surface area contributed by atoms with Crippen LogP contribution in [0.4, 0.5) is 0 Å². The Hall–Kier alpha value is -0.947. The van der Waals surface area contributed by atoms with Gasteiger partial charge in [-0.2, -0.15) is 11.1 Å². The Balaban J connectivity index is 0.000000466. The van der Waals surface area contributed by atoms with Gasteiger partial charge in [0.1, 0.15) is 0 Å². The Morgan fingerprint density at radius 3 is 2.04 bits per heavy atom. The summed E-state index contributed by atoms with van der Waals surface area (Å²) in [5, 5.41) is 2.60. The number of nitrogens with zero attached hydrogens (tertiary/aromatic N) is 1. The molecule has 1 heterocycles. The van der Waals surface area contributed by atoms with Crippen molar-refractivity contribution in [2.75, 3.05) is 0 Å². The van der Waals surface area contributed by atoms with Gasteiger partial charge in [0.25, 0.3) is 0 Å². The summed E-state index contributed by atoms with van der Waals surface area (Å²) in [6, 6.07) is 16.9. The monoisotopic (exact) mass is 461 g/mol. The second-order valence-corrected chi connectivity index (χ2v) is 6.23. The second kappa shape index (κ2) is 11.0. The fraction of sp³-hybridized carbons (Fsp3) is 0.227. The van der Waals surface area contributed by atoms with E-state index in [2.05, 4.69) is 87.1 Å². The molecule has 2 aromatic carbocycles. The number of hydrogen-bond acceptors (Lipinski definition) is 0. The quantitative estimate of drug-likeness (QED) is 0.451. The summed E-state index contributed by atoms with van der Waals surface area (Å²) in [4.78, 5) is 0. The molecule has 0 aliphatic heterocycles. The van der Waals surface area contributed by atoms with E-state index in [0.29, 0.717) is 5.92 Å². The summed E-state index contributed by atoms with van der Waals surface area (Å²) < 4.78 is 2.12. The molecule has 4 heteroatoms. The molecule has 0 saturated heterocycles. The van der Waals surface area contributed by atoms with E-state index >= 15 is 0 Å². The number of hydrogen-bond donors (Lipinski definition) is 0. The smallest absolute Gasteiger partial charge is 1.00 e. The third kappa shape index (κ3) is 5.52. The van der Waals surface area contributed by atoms with Crippen LogP contribution in [-0.4, -0.2) is 4.57 Å². The van der Waals surface area contributed by atoms with Crippen LogP contribution in [0.1, 0.15) is 27.7 Å². The van der Waals surface area contributed by atoms with E-state index in [4.69, 9.17) is 0 Å². The maximum Gasteiger partial charge on any atom is 4.00 e. The fourth-order valence-corrected chi connectivity index (χ4v) is 2.95. The summed E-state index contributed by atoms with van der Waals surface area (Å²) in [6.45, 7) is 8.67. The van der Waals surface area contributed by atoms with Crippen LogP contribution >= 0.6 is 0 Å². The fourth-order valence-electron chi connectivity index (χ4n) is 2.95. The maximum atomic E-state index is 3.36. The van der Waals surface area contributed by atoms with E-state index in [-0.39, 0.29) is 51.0 Å². The Bertz CT molecular complexity index is 840. The molecule has 3 aromatic rings.